The number of aromatic nitrogens is 1. The smallest absolute Gasteiger partial charge is 0.220 e. The summed E-state index contributed by atoms with van der Waals surface area (Å²) in [6.07, 6.45) is 5.29. The first-order chi connectivity index (χ1) is 10.7. The molecular weight excluding hydrogens is 425 g/mol. The van der Waals surface area contributed by atoms with Gasteiger partial charge in [0.25, 0.3) is 0 Å². The van der Waals surface area contributed by atoms with E-state index < -0.39 is 0 Å². The van der Waals surface area contributed by atoms with Crippen LogP contribution in [-0.4, -0.2) is 42.5 Å². The monoisotopic (exact) mass is 451 g/mol. The molecule has 8 heteroatoms. The van der Waals surface area contributed by atoms with E-state index in [1.807, 2.05) is 13.1 Å². The summed E-state index contributed by atoms with van der Waals surface area (Å²) >= 11 is 1.77. The van der Waals surface area contributed by atoms with Crippen LogP contribution in [0.15, 0.2) is 11.2 Å². The predicted molar refractivity (Wildman–Crippen MR) is 106 cm³/mol. The Kier molecular flexibility index (Phi) is 9.46. The minimum Gasteiger partial charge on any atom is -0.357 e. The van der Waals surface area contributed by atoms with Crippen molar-refractivity contribution in [2.75, 3.05) is 19.6 Å². The summed E-state index contributed by atoms with van der Waals surface area (Å²) in [6, 6.07) is 0.252. The van der Waals surface area contributed by atoms with Crippen LogP contribution in [0.25, 0.3) is 0 Å². The fraction of sp³-hybridized carbons (Fsp3) is 0.667. The lowest BCUT2D eigenvalue weighted by atomic mass is 10.1. The van der Waals surface area contributed by atoms with Crippen LogP contribution in [0.3, 0.4) is 0 Å². The van der Waals surface area contributed by atoms with Crippen molar-refractivity contribution >= 4 is 47.2 Å². The molecule has 3 N–H and O–H groups in total. The van der Waals surface area contributed by atoms with Gasteiger partial charge in [-0.2, -0.15) is 0 Å². The van der Waals surface area contributed by atoms with Crippen molar-refractivity contribution in [1.29, 1.82) is 0 Å². The standard InChI is InChI=1S/C15H25N5OS.HI/c1-3-12-10-19-14(22-12)7-8-17-15(16-4-2)20-11-5-6-13(21)18-9-11;/h10-11H,3-9H2,1-2H3,(H,18,21)(H2,16,17,20);1H. The Morgan fingerprint density at radius 1 is 1.52 bits per heavy atom. The highest BCUT2D eigenvalue weighted by molar-refractivity contribution is 14.0. The zero-order valence-electron chi connectivity index (χ0n) is 13.7. The number of nitrogens with one attached hydrogen (secondary N) is 3. The fourth-order valence-corrected chi connectivity index (χ4v) is 3.11. The van der Waals surface area contributed by atoms with Crippen LogP contribution in [0.2, 0.25) is 0 Å². The normalized spacial score (nSPS) is 18.1. The molecule has 1 aliphatic heterocycles. The number of aliphatic imine (C=N–C) groups is 1. The van der Waals surface area contributed by atoms with Crippen molar-refractivity contribution in [3.05, 3.63) is 16.1 Å². The molecule has 2 heterocycles. The molecule has 1 aliphatic rings. The van der Waals surface area contributed by atoms with Crippen LogP contribution < -0.4 is 16.0 Å². The minimum absolute atomic E-state index is 0. The number of aryl methyl sites for hydroxylation is 1. The topological polar surface area (TPSA) is 78.4 Å². The molecule has 0 spiro atoms. The van der Waals surface area contributed by atoms with Gasteiger partial charge in [-0.1, -0.05) is 6.92 Å². The molecular formula is C15H26IN5OS. The number of hydrogen-bond acceptors (Lipinski definition) is 4. The van der Waals surface area contributed by atoms with Gasteiger partial charge in [0.05, 0.1) is 5.01 Å². The first-order valence-corrected chi connectivity index (χ1v) is 8.78. The Bertz CT molecular complexity index is 510. The molecule has 1 saturated heterocycles. The predicted octanol–water partition coefficient (Wildman–Crippen LogP) is 1.70. The Hall–Kier alpha value is -0.900. The Balaban J connectivity index is 0.00000264. The van der Waals surface area contributed by atoms with Crippen molar-refractivity contribution in [2.45, 2.75) is 45.6 Å². The van der Waals surface area contributed by atoms with Gasteiger partial charge in [0.1, 0.15) is 0 Å². The second-order valence-corrected chi connectivity index (χ2v) is 6.47. The molecule has 1 fully saturated rings. The second kappa shape index (κ2) is 10.8. The van der Waals surface area contributed by atoms with Gasteiger partial charge in [-0.3, -0.25) is 9.79 Å². The maximum absolute atomic E-state index is 11.2. The molecule has 1 amide bonds. The third kappa shape index (κ3) is 7.03. The number of halogens is 1. The summed E-state index contributed by atoms with van der Waals surface area (Å²) in [5, 5.41) is 10.7. The first-order valence-electron chi connectivity index (χ1n) is 7.96. The Morgan fingerprint density at radius 3 is 2.96 bits per heavy atom. The van der Waals surface area contributed by atoms with Gasteiger partial charge >= 0.3 is 0 Å². The number of hydrogen-bond donors (Lipinski definition) is 3. The minimum atomic E-state index is 0. The van der Waals surface area contributed by atoms with E-state index >= 15 is 0 Å². The molecule has 1 unspecified atom stereocenters. The van der Waals surface area contributed by atoms with E-state index in [9.17, 15) is 4.79 Å². The second-order valence-electron chi connectivity index (χ2n) is 5.27. The number of nitrogens with zero attached hydrogens (tertiary/aromatic N) is 2. The van der Waals surface area contributed by atoms with Crippen molar-refractivity contribution in [3.63, 3.8) is 0 Å². The molecule has 130 valence electrons. The van der Waals surface area contributed by atoms with E-state index in [4.69, 9.17) is 0 Å². The van der Waals surface area contributed by atoms with E-state index in [0.717, 1.165) is 36.8 Å². The van der Waals surface area contributed by atoms with Gasteiger partial charge in [-0.15, -0.1) is 35.3 Å². The van der Waals surface area contributed by atoms with Gasteiger partial charge in [-0.05, 0) is 19.8 Å². The van der Waals surface area contributed by atoms with Gasteiger partial charge < -0.3 is 16.0 Å². The van der Waals surface area contributed by atoms with Crippen molar-refractivity contribution in [2.24, 2.45) is 4.99 Å². The summed E-state index contributed by atoms with van der Waals surface area (Å²) in [7, 11) is 0. The first kappa shape index (κ1) is 20.1. The van der Waals surface area contributed by atoms with Crippen LogP contribution >= 0.6 is 35.3 Å². The number of thiazole rings is 1. The molecule has 0 saturated carbocycles. The quantitative estimate of drug-likeness (QED) is 0.350. The SMILES string of the molecule is CCNC(=NCCc1ncc(CC)s1)NC1CCC(=O)NC1.I. The van der Waals surface area contributed by atoms with Crippen molar-refractivity contribution < 1.29 is 4.79 Å². The summed E-state index contributed by atoms with van der Waals surface area (Å²) in [6.45, 7) is 6.39. The Labute approximate surface area is 159 Å². The highest BCUT2D eigenvalue weighted by Crippen LogP contribution is 2.13. The molecule has 1 aromatic heterocycles. The molecule has 2 rings (SSSR count). The number of amides is 1. The molecule has 0 bridgehead atoms. The van der Waals surface area contributed by atoms with Crippen LogP contribution in [0, 0.1) is 0 Å². The molecule has 1 aromatic rings. The lowest BCUT2D eigenvalue weighted by Gasteiger charge is -2.25. The summed E-state index contributed by atoms with van der Waals surface area (Å²) < 4.78 is 0. The van der Waals surface area contributed by atoms with Crippen LogP contribution in [0.4, 0.5) is 0 Å². The third-order valence-electron chi connectivity index (χ3n) is 3.50. The summed E-state index contributed by atoms with van der Waals surface area (Å²) in [5.41, 5.74) is 0. The van der Waals surface area contributed by atoms with Crippen LogP contribution in [-0.2, 0) is 17.6 Å². The lowest BCUT2D eigenvalue weighted by molar-refractivity contribution is -0.122. The molecule has 6 nitrogen and oxygen atoms in total. The van der Waals surface area contributed by atoms with E-state index in [1.54, 1.807) is 11.3 Å². The van der Waals surface area contributed by atoms with Gasteiger partial charge in [0, 0.05) is 49.6 Å². The summed E-state index contributed by atoms with van der Waals surface area (Å²) in [4.78, 5) is 21.5. The molecule has 0 radical (unpaired) electrons. The van der Waals surface area contributed by atoms with Gasteiger partial charge in [-0.25, -0.2) is 4.98 Å². The highest BCUT2D eigenvalue weighted by atomic mass is 127. The molecule has 0 aromatic carbocycles. The third-order valence-corrected chi connectivity index (χ3v) is 4.70. The molecule has 23 heavy (non-hydrogen) atoms. The van der Waals surface area contributed by atoms with Gasteiger partial charge in [0.2, 0.25) is 5.91 Å². The van der Waals surface area contributed by atoms with Gasteiger partial charge in [0.15, 0.2) is 5.96 Å². The molecule has 1 atom stereocenters. The zero-order valence-corrected chi connectivity index (χ0v) is 16.9. The lowest BCUT2D eigenvalue weighted by Crippen LogP contribution is -2.51. The van der Waals surface area contributed by atoms with Crippen molar-refractivity contribution in [3.8, 4) is 0 Å². The largest absolute Gasteiger partial charge is 0.357 e. The summed E-state index contributed by atoms with van der Waals surface area (Å²) in [5.74, 6) is 0.950. The van der Waals surface area contributed by atoms with E-state index in [0.29, 0.717) is 19.5 Å². The van der Waals surface area contributed by atoms with Crippen molar-refractivity contribution in [1.82, 2.24) is 20.9 Å². The van der Waals surface area contributed by atoms with E-state index in [1.165, 1.54) is 4.88 Å². The number of carbonyl (C=O) groups excluding carboxylic acids is 1. The van der Waals surface area contributed by atoms with E-state index in [-0.39, 0.29) is 35.9 Å². The highest BCUT2D eigenvalue weighted by Gasteiger charge is 2.18. The fourth-order valence-electron chi connectivity index (χ4n) is 2.26. The van der Waals surface area contributed by atoms with Crippen LogP contribution in [0.1, 0.15) is 36.6 Å². The number of carbonyl (C=O) groups is 1. The zero-order chi connectivity index (χ0) is 15.8. The van der Waals surface area contributed by atoms with Crippen LogP contribution in [0.5, 0.6) is 0 Å². The number of guanidine groups is 1. The number of piperidine rings is 1. The maximum Gasteiger partial charge on any atom is 0.220 e. The van der Waals surface area contributed by atoms with E-state index in [2.05, 4.69) is 32.9 Å². The molecule has 0 aliphatic carbocycles. The Morgan fingerprint density at radius 2 is 2.35 bits per heavy atom. The average Bonchev–Trinajstić information content (AvgIpc) is 2.98. The average molecular weight is 451 g/mol. The maximum atomic E-state index is 11.2. The number of rotatable bonds is 6.